The van der Waals surface area contributed by atoms with Gasteiger partial charge in [0.05, 0.1) is 4.90 Å². The van der Waals surface area contributed by atoms with Crippen LogP contribution in [0, 0.1) is 0 Å². The molecule has 2 aromatic carbocycles. The molecule has 94 valence electrons. The molecule has 0 aliphatic rings. The second-order valence-electron chi connectivity index (χ2n) is 3.67. The quantitative estimate of drug-likeness (QED) is 0.875. The first-order valence-electron chi connectivity index (χ1n) is 5.13. The zero-order chi connectivity index (χ0) is 13.2. The van der Waals surface area contributed by atoms with Crippen LogP contribution in [0.1, 0.15) is 0 Å². The molecule has 1 N–H and O–H groups in total. The Kier molecular flexibility index (Phi) is 3.54. The van der Waals surface area contributed by atoms with Gasteiger partial charge in [0, 0.05) is 0 Å². The third-order valence-corrected chi connectivity index (χ3v) is 4.01. The van der Waals surface area contributed by atoms with Crippen LogP contribution < -0.4 is 4.72 Å². The van der Waals surface area contributed by atoms with Crippen LogP contribution in [0.3, 0.4) is 0 Å². The Morgan fingerprint density at radius 2 is 1.78 bits per heavy atom. The fraction of sp³-hybridized carbons (Fsp3) is 0.0833. The maximum Gasteiger partial charge on any atom is 0.264 e. The number of nitrogens with one attached hydrogen (secondary N) is 1. The maximum atomic E-state index is 11.9. The monoisotopic (exact) mass is 283 g/mol. The van der Waals surface area contributed by atoms with Crippen LogP contribution in [0.5, 0.6) is 0 Å². The molecule has 0 aliphatic heterocycles. The molecule has 0 atom stereocenters. The molecule has 2 rings (SSSR count). The van der Waals surface area contributed by atoms with E-state index < -0.39 is 21.8 Å². The lowest BCUT2D eigenvalue weighted by Crippen LogP contribution is -2.31. The van der Waals surface area contributed by atoms with Crippen molar-refractivity contribution < 1.29 is 13.2 Å². The summed E-state index contributed by atoms with van der Waals surface area (Å²) in [7, 11) is -3.85. The molecule has 0 saturated heterocycles. The minimum Gasteiger partial charge on any atom is -0.273 e. The minimum atomic E-state index is -3.85. The van der Waals surface area contributed by atoms with Gasteiger partial charge in [0.25, 0.3) is 10.0 Å². The number of benzene rings is 2. The SMILES string of the molecule is O=C(CCl)NS(=O)(=O)c1ccc2ccccc2c1. The van der Waals surface area contributed by atoms with Gasteiger partial charge in [-0.3, -0.25) is 4.79 Å². The lowest BCUT2D eigenvalue weighted by atomic mass is 10.1. The summed E-state index contributed by atoms with van der Waals surface area (Å²) in [6.45, 7) is 0. The molecule has 0 fully saturated rings. The highest BCUT2D eigenvalue weighted by atomic mass is 35.5. The van der Waals surface area contributed by atoms with E-state index in [1.54, 1.807) is 12.1 Å². The number of fused-ring (bicyclic) bond motifs is 1. The number of sulfonamides is 1. The number of rotatable bonds is 3. The van der Waals surface area contributed by atoms with E-state index in [4.69, 9.17) is 11.6 Å². The predicted octanol–water partition coefficient (Wildman–Crippen LogP) is 1.88. The molecule has 0 radical (unpaired) electrons. The van der Waals surface area contributed by atoms with Gasteiger partial charge in [-0.1, -0.05) is 30.3 Å². The Bertz CT molecular complexity index is 697. The summed E-state index contributed by atoms with van der Waals surface area (Å²) in [4.78, 5) is 11.1. The normalized spacial score (nSPS) is 11.4. The smallest absolute Gasteiger partial charge is 0.264 e. The number of amides is 1. The molecule has 1 amide bonds. The molecule has 0 heterocycles. The van der Waals surface area contributed by atoms with E-state index in [1.807, 2.05) is 22.9 Å². The van der Waals surface area contributed by atoms with Gasteiger partial charge in [-0.15, -0.1) is 11.6 Å². The third kappa shape index (κ3) is 2.63. The van der Waals surface area contributed by atoms with Crippen molar-refractivity contribution in [1.29, 1.82) is 0 Å². The van der Waals surface area contributed by atoms with Gasteiger partial charge in [0.15, 0.2) is 0 Å². The Labute approximate surface area is 110 Å². The van der Waals surface area contributed by atoms with Crippen molar-refractivity contribution in [1.82, 2.24) is 4.72 Å². The minimum absolute atomic E-state index is 0.0414. The summed E-state index contributed by atoms with van der Waals surface area (Å²) in [5.41, 5.74) is 0. The predicted molar refractivity (Wildman–Crippen MR) is 70.0 cm³/mol. The van der Waals surface area contributed by atoms with Gasteiger partial charge in [-0.25, -0.2) is 13.1 Å². The summed E-state index contributed by atoms with van der Waals surface area (Å²) < 4.78 is 25.6. The summed E-state index contributed by atoms with van der Waals surface area (Å²) >= 11 is 5.26. The lowest BCUT2D eigenvalue weighted by Gasteiger charge is -2.06. The first kappa shape index (κ1) is 12.9. The highest BCUT2D eigenvalue weighted by Gasteiger charge is 2.17. The summed E-state index contributed by atoms with van der Waals surface area (Å²) in [6, 6.07) is 12.0. The van der Waals surface area contributed by atoms with E-state index in [2.05, 4.69) is 0 Å². The summed E-state index contributed by atoms with van der Waals surface area (Å²) in [6.07, 6.45) is 0. The van der Waals surface area contributed by atoms with E-state index in [0.29, 0.717) is 0 Å². The Morgan fingerprint density at radius 3 is 2.44 bits per heavy atom. The molecule has 0 aromatic heterocycles. The molecule has 2 aromatic rings. The average molecular weight is 284 g/mol. The van der Waals surface area contributed by atoms with Gasteiger partial charge in [0.2, 0.25) is 5.91 Å². The lowest BCUT2D eigenvalue weighted by molar-refractivity contribution is -0.116. The number of alkyl halides is 1. The van der Waals surface area contributed by atoms with Crippen LogP contribution in [0.4, 0.5) is 0 Å². The number of carbonyl (C=O) groups is 1. The number of carbonyl (C=O) groups excluding carboxylic acids is 1. The highest BCUT2D eigenvalue weighted by molar-refractivity contribution is 7.90. The second-order valence-corrected chi connectivity index (χ2v) is 5.62. The van der Waals surface area contributed by atoms with Crippen molar-refractivity contribution in [3.63, 3.8) is 0 Å². The van der Waals surface area contributed by atoms with Crippen LogP contribution in [0.25, 0.3) is 10.8 Å². The molecule has 0 saturated carbocycles. The van der Waals surface area contributed by atoms with Crippen LogP contribution in [-0.2, 0) is 14.8 Å². The summed E-state index contributed by atoms with van der Waals surface area (Å²) in [5, 5.41) is 1.72. The maximum absolute atomic E-state index is 11.9. The zero-order valence-electron chi connectivity index (χ0n) is 9.26. The van der Waals surface area contributed by atoms with Gasteiger partial charge < -0.3 is 0 Å². The van der Waals surface area contributed by atoms with Crippen LogP contribution in [-0.4, -0.2) is 20.2 Å². The Morgan fingerprint density at radius 1 is 1.11 bits per heavy atom. The molecule has 18 heavy (non-hydrogen) atoms. The zero-order valence-corrected chi connectivity index (χ0v) is 10.8. The van der Waals surface area contributed by atoms with E-state index in [1.165, 1.54) is 12.1 Å². The molecule has 0 aliphatic carbocycles. The highest BCUT2D eigenvalue weighted by Crippen LogP contribution is 2.18. The number of halogens is 1. The Hall–Kier alpha value is -1.59. The molecule has 0 unspecified atom stereocenters. The summed E-state index contributed by atoms with van der Waals surface area (Å²) in [5.74, 6) is -1.14. The van der Waals surface area contributed by atoms with Gasteiger partial charge >= 0.3 is 0 Å². The first-order chi connectivity index (χ1) is 8.53. The average Bonchev–Trinajstić information content (AvgIpc) is 2.37. The molecule has 0 bridgehead atoms. The van der Waals surface area contributed by atoms with Crippen molar-refractivity contribution in [3.05, 3.63) is 42.5 Å². The van der Waals surface area contributed by atoms with Crippen molar-refractivity contribution in [3.8, 4) is 0 Å². The molecular formula is C12H10ClNO3S. The number of hydrogen-bond acceptors (Lipinski definition) is 3. The van der Waals surface area contributed by atoms with Gasteiger partial charge in [0.1, 0.15) is 5.88 Å². The topological polar surface area (TPSA) is 63.2 Å². The van der Waals surface area contributed by atoms with Gasteiger partial charge in [-0.2, -0.15) is 0 Å². The molecular weight excluding hydrogens is 274 g/mol. The van der Waals surface area contributed by atoms with E-state index >= 15 is 0 Å². The van der Waals surface area contributed by atoms with Crippen molar-refractivity contribution in [2.45, 2.75) is 4.90 Å². The van der Waals surface area contributed by atoms with Crippen molar-refractivity contribution >= 4 is 38.3 Å². The van der Waals surface area contributed by atoms with Crippen molar-refractivity contribution in [2.75, 3.05) is 5.88 Å². The molecule has 6 heteroatoms. The fourth-order valence-corrected chi connectivity index (χ4v) is 2.74. The molecule has 4 nitrogen and oxygen atoms in total. The van der Waals surface area contributed by atoms with Crippen LogP contribution in [0.2, 0.25) is 0 Å². The van der Waals surface area contributed by atoms with Crippen LogP contribution in [0.15, 0.2) is 47.4 Å². The Balaban J connectivity index is 2.45. The standard InChI is InChI=1S/C12H10ClNO3S/c13-8-12(15)14-18(16,17)11-6-5-9-3-1-2-4-10(9)7-11/h1-7H,8H2,(H,14,15). The van der Waals surface area contributed by atoms with Crippen LogP contribution >= 0.6 is 11.6 Å². The van der Waals surface area contributed by atoms with E-state index in [9.17, 15) is 13.2 Å². The van der Waals surface area contributed by atoms with Crippen molar-refractivity contribution in [2.24, 2.45) is 0 Å². The third-order valence-electron chi connectivity index (χ3n) is 2.40. The second kappa shape index (κ2) is 4.96. The molecule has 0 spiro atoms. The largest absolute Gasteiger partial charge is 0.273 e. The van der Waals surface area contributed by atoms with E-state index in [0.717, 1.165) is 10.8 Å². The number of hydrogen-bond donors (Lipinski definition) is 1. The van der Waals surface area contributed by atoms with Gasteiger partial charge in [-0.05, 0) is 22.9 Å². The fourth-order valence-electron chi connectivity index (χ4n) is 1.57. The first-order valence-corrected chi connectivity index (χ1v) is 7.15. The van der Waals surface area contributed by atoms with E-state index in [-0.39, 0.29) is 4.90 Å².